The van der Waals surface area contributed by atoms with Crippen LogP contribution in [-0.4, -0.2) is 18.1 Å². The minimum absolute atomic E-state index is 0.316. The zero-order chi connectivity index (χ0) is 12.7. The summed E-state index contributed by atoms with van der Waals surface area (Å²) in [5, 5.41) is 6.91. The van der Waals surface area contributed by atoms with Gasteiger partial charge in [-0.3, -0.25) is 0 Å². The van der Waals surface area contributed by atoms with Crippen LogP contribution in [0.3, 0.4) is 0 Å². The SMILES string of the molecule is c1ccc2c(c1)OCC2c1nc([C@@H]2CCCN2)cs1. The molecule has 4 heteroatoms. The maximum Gasteiger partial charge on any atom is 0.123 e. The molecular formula is C15H16N2OS. The van der Waals surface area contributed by atoms with Crippen LogP contribution >= 0.6 is 11.3 Å². The van der Waals surface area contributed by atoms with Crippen molar-refractivity contribution in [1.29, 1.82) is 0 Å². The van der Waals surface area contributed by atoms with E-state index in [9.17, 15) is 0 Å². The average molecular weight is 272 g/mol. The maximum atomic E-state index is 5.75. The molecule has 3 nitrogen and oxygen atoms in total. The van der Waals surface area contributed by atoms with Crippen LogP contribution in [0.5, 0.6) is 5.75 Å². The Morgan fingerprint density at radius 2 is 2.26 bits per heavy atom. The van der Waals surface area contributed by atoms with E-state index < -0.39 is 0 Å². The van der Waals surface area contributed by atoms with Gasteiger partial charge in [0.15, 0.2) is 0 Å². The van der Waals surface area contributed by atoms with Gasteiger partial charge in [0.1, 0.15) is 17.4 Å². The molecule has 1 aromatic carbocycles. The molecule has 2 aliphatic rings. The van der Waals surface area contributed by atoms with Crippen LogP contribution in [0.4, 0.5) is 0 Å². The third kappa shape index (κ3) is 1.95. The quantitative estimate of drug-likeness (QED) is 0.912. The third-order valence-electron chi connectivity index (χ3n) is 3.96. The molecule has 2 atom stereocenters. The van der Waals surface area contributed by atoms with Gasteiger partial charge in [-0.05, 0) is 25.5 Å². The summed E-state index contributed by atoms with van der Waals surface area (Å²) in [7, 11) is 0. The molecule has 1 aromatic heterocycles. The van der Waals surface area contributed by atoms with Gasteiger partial charge in [0.05, 0.1) is 17.7 Å². The van der Waals surface area contributed by atoms with Crippen LogP contribution in [0, 0.1) is 0 Å². The first-order chi connectivity index (χ1) is 9.42. The molecule has 1 fully saturated rings. The van der Waals surface area contributed by atoms with Crippen molar-refractivity contribution in [3.05, 3.63) is 45.9 Å². The van der Waals surface area contributed by atoms with Crippen molar-refractivity contribution in [2.24, 2.45) is 0 Å². The molecule has 1 N–H and O–H groups in total. The van der Waals surface area contributed by atoms with Crippen molar-refractivity contribution in [2.45, 2.75) is 24.8 Å². The molecule has 4 rings (SSSR count). The summed E-state index contributed by atoms with van der Waals surface area (Å²) in [6.07, 6.45) is 2.47. The van der Waals surface area contributed by atoms with E-state index in [1.165, 1.54) is 29.1 Å². The predicted molar refractivity (Wildman–Crippen MR) is 75.9 cm³/mol. The van der Waals surface area contributed by atoms with E-state index in [4.69, 9.17) is 9.72 Å². The van der Waals surface area contributed by atoms with Gasteiger partial charge in [-0.25, -0.2) is 4.98 Å². The fourth-order valence-electron chi connectivity index (χ4n) is 2.92. The van der Waals surface area contributed by atoms with Gasteiger partial charge in [0, 0.05) is 10.9 Å². The van der Waals surface area contributed by atoms with E-state index in [0.717, 1.165) is 18.9 Å². The Labute approximate surface area is 116 Å². The van der Waals surface area contributed by atoms with Crippen LogP contribution in [0.15, 0.2) is 29.6 Å². The summed E-state index contributed by atoms with van der Waals surface area (Å²) in [6.45, 7) is 1.84. The number of fused-ring (bicyclic) bond motifs is 1. The van der Waals surface area contributed by atoms with Gasteiger partial charge >= 0.3 is 0 Å². The first-order valence-corrected chi connectivity index (χ1v) is 7.70. The molecule has 0 amide bonds. The van der Waals surface area contributed by atoms with E-state index in [2.05, 4.69) is 22.8 Å². The molecule has 1 saturated heterocycles. The van der Waals surface area contributed by atoms with Crippen LogP contribution < -0.4 is 10.1 Å². The van der Waals surface area contributed by atoms with Gasteiger partial charge in [0.2, 0.25) is 0 Å². The lowest BCUT2D eigenvalue weighted by molar-refractivity contribution is 0.342. The molecule has 0 radical (unpaired) electrons. The first-order valence-electron chi connectivity index (χ1n) is 6.82. The predicted octanol–water partition coefficient (Wildman–Crippen LogP) is 3.09. The molecule has 0 aliphatic carbocycles. The fourth-order valence-corrected chi connectivity index (χ4v) is 3.90. The number of nitrogens with one attached hydrogen (secondary N) is 1. The second kappa shape index (κ2) is 4.62. The minimum atomic E-state index is 0.316. The van der Waals surface area contributed by atoms with Gasteiger partial charge in [-0.1, -0.05) is 18.2 Å². The number of thiazole rings is 1. The summed E-state index contributed by atoms with van der Waals surface area (Å²) >= 11 is 1.77. The summed E-state index contributed by atoms with van der Waals surface area (Å²) < 4.78 is 5.75. The molecule has 19 heavy (non-hydrogen) atoms. The van der Waals surface area contributed by atoms with Crippen LogP contribution in [0.25, 0.3) is 0 Å². The number of nitrogens with zero attached hydrogens (tertiary/aromatic N) is 1. The standard InChI is InChI=1S/C15H16N2OS/c1-2-6-14-10(4-1)11(8-18-14)15-17-13(9-19-15)12-5-3-7-16-12/h1-2,4,6,9,11-12,16H,3,5,7-8H2/t11?,12-/m0/s1. The van der Waals surface area contributed by atoms with Gasteiger partial charge in [-0.15, -0.1) is 11.3 Å². The van der Waals surface area contributed by atoms with Crippen molar-refractivity contribution < 1.29 is 4.74 Å². The van der Waals surface area contributed by atoms with Crippen LogP contribution in [0.1, 0.15) is 41.1 Å². The van der Waals surface area contributed by atoms with Crippen molar-refractivity contribution in [1.82, 2.24) is 10.3 Å². The highest BCUT2D eigenvalue weighted by Gasteiger charge is 2.29. The van der Waals surface area contributed by atoms with E-state index in [1.807, 2.05) is 12.1 Å². The molecule has 2 aliphatic heterocycles. The topological polar surface area (TPSA) is 34.1 Å². The zero-order valence-corrected chi connectivity index (χ0v) is 11.5. The van der Waals surface area contributed by atoms with Crippen LogP contribution in [-0.2, 0) is 0 Å². The first kappa shape index (κ1) is 11.4. The Bertz CT molecular complexity index is 589. The number of aromatic nitrogens is 1. The number of benzene rings is 1. The normalized spacial score (nSPS) is 25.3. The van der Waals surface area contributed by atoms with E-state index in [0.29, 0.717) is 12.0 Å². The number of para-hydroxylation sites is 1. The van der Waals surface area contributed by atoms with E-state index in [-0.39, 0.29) is 0 Å². The average Bonchev–Trinajstić information content (AvgIpc) is 3.18. The summed E-state index contributed by atoms with van der Waals surface area (Å²) in [6, 6.07) is 8.76. The van der Waals surface area contributed by atoms with Crippen LogP contribution in [0.2, 0.25) is 0 Å². The highest BCUT2D eigenvalue weighted by atomic mass is 32.1. The monoisotopic (exact) mass is 272 g/mol. The minimum Gasteiger partial charge on any atom is -0.492 e. The Kier molecular flexibility index (Phi) is 2.78. The van der Waals surface area contributed by atoms with Crippen molar-refractivity contribution in [3.63, 3.8) is 0 Å². The molecule has 0 bridgehead atoms. The summed E-state index contributed by atoms with van der Waals surface area (Å²) in [5.41, 5.74) is 2.49. The van der Waals surface area contributed by atoms with E-state index in [1.54, 1.807) is 11.3 Å². The lowest BCUT2D eigenvalue weighted by Gasteiger charge is -2.07. The highest BCUT2D eigenvalue weighted by Crippen LogP contribution is 2.39. The zero-order valence-electron chi connectivity index (χ0n) is 10.6. The third-order valence-corrected chi connectivity index (χ3v) is 4.93. The molecule has 0 spiro atoms. The largest absolute Gasteiger partial charge is 0.492 e. The molecule has 0 saturated carbocycles. The smallest absolute Gasteiger partial charge is 0.123 e. The number of rotatable bonds is 2. The van der Waals surface area contributed by atoms with Gasteiger partial charge in [0.25, 0.3) is 0 Å². The Morgan fingerprint density at radius 3 is 3.16 bits per heavy atom. The van der Waals surface area contributed by atoms with E-state index >= 15 is 0 Å². The maximum absolute atomic E-state index is 5.75. The lowest BCUT2D eigenvalue weighted by atomic mass is 10.0. The number of hydrogen-bond acceptors (Lipinski definition) is 4. The molecule has 1 unspecified atom stereocenters. The molecular weight excluding hydrogens is 256 g/mol. The van der Waals surface area contributed by atoms with Crippen molar-refractivity contribution >= 4 is 11.3 Å². The summed E-state index contributed by atoms with van der Waals surface area (Å²) in [4.78, 5) is 4.85. The molecule has 98 valence electrons. The fraction of sp³-hybridized carbons (Fsp3) is 0.400. The van der Waals surface area contributed by atoms with Gasteiger partial charge in [-0.2, -0.15) is 0 Å². The second-order valence-electron chi connectivity index (χ2n) is 5.16. The Morgan fingerprint density at radius 1 is 1.32 bits per heavy atom. The highest BCUT2D eigenvalue weighted by molar-refractivity contribution is 7.09. The second-order valence-corrected chi connectivity index (χ2v) is 6.05. The van der Waals surface area contributed by atoms with Crippen molar-refractivity contribution in [2.75, 3.05) is 13.2 Å². The summed E-state index contributed by atoms with van der Waals surface area (Å²) in [5.74, 6) is 1.33. The molecule has 3 heterocycles. The lowest BCUT2D eigenvalue weighted by Crippen LogP contribution is -2.13. The van der Waals surface area contributed by atoms with Gasteiger partial charge < -0.3 is 10.1 Å². The molecule has 2 aromatic rings. The van der Waals surface area contributed by atoms with Crippen molar-refractivity contribution in [3.8, 4) is 5.75 Å². The number of hydrogen-bond donors (Lipinski definition) is 1. The Balaban J connectivity index is 1.63. The Hall–Kier alpha value is -1.39. The number of ether oxygens (including phenoxy) is 1.